The van der Waals surface area contributed by atoms with Gasteiger partial charge in [-0.25, -0.2) is 0 Å². The van der Waals surface area contributed by atoms with E-state index < -0.39 is 0 Å². The molecule has 190 valence electrons. The average Bonchev–Trinajstić information content (AvgIpc) is 3.58. The highest BCUT2D eigenvalue weighted by molar-refractivity contribution is 7.19. The summed E-state index contributed by atoms with van der Waals surface area (Å²) in [4.78, 5) is 1.55. The van der Waals surface area contributed by atoms with Gasteiger partial charge >= 0.3 is 0 Å². The van der Waals surface area contributed by atoms with Gasteiger partial charge in [0.1, 0.15) is 0 Å². The molecule has 0 aliphatic heterocycles. The Morgan fingerprint density at radius 3 is 1.57 bits per heavy atom. The topological polar surface area (TPSA) is 0 Å². The highest BCUT2D eigenvalue weighted by Gasteiger charge is 2.11. The monoisotopic (exact) mass is 522 g/mol. The normalized spacial score (nSPS) is 12.1. The number of rotatable bonds is 12. The smallest absolute Gasteiger partial charge is 0.0352 e. The van der Waals surface area contributed by atoms with Gasteiger partial charge in [0.2, 0.25) is 0 Å². The van der Waals surface area contributed by atoms with Crippen LogP contribution in [-0.2, 0) is 6.42 Å². The summed E-state index contributed by atoms with van der Waals surface area (Å²) in [6.45, 7) is 2.30. The maximum atomic E-state index is 2.49. The fourth-order valence-electron chi connectivity index (χ4n) is 6.15. The Hall–Kier alpha value is -2.42. The van der Waals surface area contributed by atoms with E-state index in [1.807, 2.05) is 22.7 Å². The first-order chi connectivity index (χ1) is 18.3. The number of fused-ring (bicyclic) bond motifs is 9. The van der Waals surface area contributed by atoms with Gasteiger partial charge in [-0.15, -0.1) is 22.7 Å². The minimum absolute atomic E-state index is 1.23. The Bertz CT molecular complexity index is 1650. The number of thiophene rings is 2. The van der Waals surface area contributed by atoms with E-state index in [0.717, 1.165) is 0 Å². The molecule has 0 saturated heterocycles. The Morgan fingerprint density at radius 1 is 0.459 bits per heavy atom. The van der Waals surface area contributed by atoms with Crippen molar-refractivity contribution in [2.24, 2.45) is 0 Å². The zero-order chi connectivity index (χ0) is 25.0. The molecule has 37 heavy (non-hydrogen) atoms. The largest absolute Gasteiger partial charge is 0.144 e. The molecule has 0 spiro atoms. The van der Waals surface area contributed by atoms with Crippen molar-refractivity contribution in [2.45, 2.75) is 84.0 Å². The van der Waals surface area contributed by atoms with Gasteiger partial charge in [-0.2, -0.15) is 0 Å². The van der Waals surface area contributed by atoms with Crippen LogP contribution in [0.4, 0.5) is 0 Å². The van der Waals surface area contributed by atoms with Crippen LogP contribution < -0.4 is 0 Å². The molecular weight excluding hydrogens is 485 g/mol. The predicted octanol–water partition coefficient (Wildman–Crippen LogP) is 12.4. The fraction of sp³-hybridized carbons (Fsp3) is 0.371. The number of unbranched alkanes of at least 4 members (excludes halogenated alkanes) is 10. The summed E-state index contributed by atoms with van der Waals surface area (Å²) in [5.41, 5.74) is 0. The number of benzene rings is 4. The second-order valence-corrected chi connectivity index (χ2v) is 12.9. The van der Waals surface area contributed by atoms with Gasteiger partial charge in [-0.3, -0.25) is 0 Å². The molecule has 0 radical (unpaired) electrons. The van der Waals surface area contributed by atoms with E-state index in [4.69, 9.17) is 0 Å². The number of aryl methyl sites for hydroxylation is 1. The molecule has 0 bridgehead atoms. The molecule has 0 saturated carbocycles. The lowest BCUT2D eigenvalue weighted by Gasteiger charge is -2.09. The van der Waals surface area contributed by atoms with Crippen LogP contribution in [-0.4, -0.2) is 0 Å². The predicted molar refractivity (Wildman–Crippen MR) is 170 cm³/mol. The molecule has 6 rings (SSSR count). The van der Waals surface area contributed by atoms with E-state index in [9.17, 15) is 0 Å². The molecule has 0 fully saturated rings. The lowest BCUT2D eigenvalue weighted by Crippen LogP contribution is -1.84. The average molecular weight is 523 g/mol. The third-order valence-electron chi connectivity index (χ3n) is 8.20. The van der Waals surface area contributed by atoms with Crippen molar-refractivity contribution >= 4 is 75.2 Å². The lowest BCUT2D eigenvalue weighted by molar-refractivity contribution is 0.550. The molecule has 0 N–H and O–H groups in total. The maximum Gasteiger partial charge on any atom is 0.0352 e. The Labute approximate surface area is 229 Å². The van der Waals surface area contributed by atoms with Crippen molar-refractivity contribution in [3.05, 3.63) is 70.9 Å². The van der Waals surface area contributed by atoms with Crippen LogP contribution in [0.1, 0.15) is 82.4 Å². The second kappa shape index (κ2) is 11.5. The summed E-state index contributed by atoms with van der Waals surface area (Å²) >= 11 is 3.83. The quantitative estimate of drug-likeness (QED) is 0.111. The van der Waals surface area contributed by atoms with Crippen molar-refractivity contribution in [1.29, 1.82) is 0 Å². The van der Waals surface area contributed by atoms with Crippen LogP contribution in [0.25, 0.3) is 52.5 Å². The number of hydrogen-bond acceptors (Lipinski definition) is 2. The summed E-state index contributed by atoms with van der Waals surface area (Å²) in [6, 6.07) is 23.5. The highest BCUT2D eigenvalue weighted by atomic mass is 32.1. The molecule has 0 amide bonds. The van der Waals surface area contributed by atoms with E-state index in [0.29, 0.717) is 0 Å². The molecule has 0 aliphatic rings. The summed E-state index contributed by atoms with van der Waals surface area (Å²) < 4.78 is 2.81. The minimum Gasteiger partial charge on any atom is -0.144 e. The van der Waals surface area contributed by atoms with Gasteiger partial charge in [0.15, 0.2) is 0 Å². The standard InChI is InChI=1S/C35H38S2/c1-2-3-4-5-6-7-8-9-10-11-12-13-25-24-33-31-17-15-26-27(29(31)19-21-35(33)37-25)14-16-30-28(26)18-20-34-32(30)22-23-36-34/h14-24H,2-13H2,1H3. The van der Waals surface area contributed by atoms with E-state index in [2.05, 4.69) is 73.0 Å². The van der Waals surface area contributed by atoms with Gasteiger partial charge in [-0.1, -0.05) is 108 Å². The molecule has 0 nitrogen and oxygen atoms in total. The molecule has 6 aromatic rings. The van der Waals surface area contributed by atoms with E-state index in [-0.39, 0.29) is 0 Å². The number of hydrogen-bond donors (Lipinski definition) is 0. The summed E-state index contributed by atoms with van der Waals surface area (Å²) in [5.74, 6) is 0. The maximum absolute atomic E-state index is 2.49. The van der Waals surface area contributed by atoms with Crippen LogP contribution in [0.5, 0.6) is 0 Å². The third kappa shape index (κ3) is 5.16. The SMILES string of the molecule is CCCCCCCCCCCCCc1cc2c(ccc3c2ccc2c4ccc5sccc5c4ccc32)s1. The van der Waals surface area contributed by atoms with Crippen LogP contribution >= 0.6 is 22.7 Å². The van der Waals surface area contributed by atoms with Crippen molar-refractivity contribution in [3.8, 4) is 0 Å². The Morgan fingerprint density at radius 2 is 0.946 bits per heavy atom. The van der Waals surface area contributed by atoms with Gasteiger partial charge in [-0.05, 0) is 74.8 Å². The highest BCUT2D eigenvalue weighted by Crippen LogP contribution is 2.39. The van der Waals surface area contributed by atoms with Gasteiger partial charge < -0.3 is 0 Å². The van der Waals surface area contributed by atoms with Crippen molar-refractivity contribution in [3.63, 3.8) is 0 Å². The summed E-state index contributed by atoms with van der Waals surface area (Å²) in [5, 5.41) is 13.3. The molecule has 2 heteroatoms. The molecule has 2 aromatic heterocycles. The molecule has 2 heterocycles. The molecule has 4 aromatic carbocycles. The third-order valence-corrected chi connectivity index (χ3v) is 10.2. The lowest BCUT2D eigenvalue weighted by atomic mass is 9.95. The fourth-order valence-corrected chi connectivity index (χ4v) is 8.07. The van der Waals surface area contributed by atoms with Crippen LogP contribution in [0.3, 0.4) is 0 Å². The first kappa shape index (κ1) is 24.9. The zero-order valence-electron chi connectivity index (χ0n) is 22.2. The summed E-state index contributed by atoms with van der Waals surface area (Å²) in [6.07, 6.45) is 16.7. The van der Waals surface area contributed by atoms with E-state index in [1.165, 1.54) is 130 Å². The first-order valence-corrected chi connectivity index (χ1v) is 16.2. The molecule has 0 atom stereocenters. The molecular formula is C35H38S2. The summed E-state index contributed by atoms with van der Waals surface area (Å²) in [7, 11) is 0. The second-order valence-electron chi connectivity index (χ2n) is 10.8. The van der Waals surface area contributed by atoms with Crippen LogP contribution in [0.15, 0.2) is 66.0 Å². The first-order valence-electron chi connectivity index (χ1n) is 14.5. The van der Waals surface area contributed by atoms with Crippen LogP contribution in [0, 0.1) is 0 Å². The van der Waals surface area contributed by atoms with Crippen molar-refractivity contribution in [1.82, 2.24) is 0 Å². The minimum atomic E-state index is 1.23. The van der Waals surface area contributed by atoms with Crippen LogP contribution in [0.2, 0.25) is 0 Å². The van der Waals surface area contributed by atoms with Crippen molar-refractivity contribution in [2.75, 3.05) is 0 Å². The van der Waals surface area contributed by atoms with Gasteiger partial charge in [0, 0.05) is 25.0 Å². The molecule has 0 unspecified atom stereocenters. The van der Waals surface area contributed by atoms with Gasteiger partial charge in [0.05, 0.1) is 0 Å². The van der Waals surface area contributed by atoms with Gasteiger partial charge in [0.25, 0.3) is 0 Å². The van der Waals surface area contributed by atoms with E-state index in [1.54, 1.807) is 4.88 Å². The van der Waals surface area contributed by atoms with E-state index >= 15 is 0 Å². The van der Waals surface area contributed by atoms with Crippen molar-refractivity contribution < 1.29 is 0 Å². The Balaban J connectivity index is 1.14. The Kier molecular flexibility index (Phi) is 7.76. The molecule has 0 aliphatic carbocycles. The zero-order valence-corrected chi connectivity index (χ0v) is 23.8.